The molecule has 0 spiro atoms. The van der Waals surface area contributed by atoms with Crippen molar-refractivity contribution in [2.45, 2.75) is 25.8 Å². The van der Waals surface area contributed by atoms with Crippen molar-refractivity contribution in [3.63, 3.8) is 0 Å². The van der Waals surface area contributed by atoms with E-state index in [4.69, 9.17) is 5.26 Å². The third-order valence-electron chi connectivity index (χ3n) is 4.47. The van der Waals surface area contributed by atoms with Gasteiger partial charge < -0.3 is 9.88 Å². The Morgan fingerprint density at radius 1 is 1.25 bits per heavy atom. The fraction of sp³-hybridized carbons (Fsp3) is 0.368. The first kappa shape index (κ1) is 16.3. The van der Waals surface area contributed by atoms with Gasteiger partial charge in [-0.15, -0.1) is 0 Å². The number of aromatic nitrogens is 1. The number of carbonyl (C=O) groups is 1. The molecule has 1 aromatic heterocycles. The van der Waals surface area contributed by atoms with Gasteiger partial charge in [-0.1, -0.05) is 24.6 Å². The van der Waals surface area contributed by atoms with Gasteiger partial charge >= 0.3 is 0 Å². The van der Waals surface area contributed by atoms with Crippen LogP contribution in [0.5, 0.6) is 0 Å². The number of rotatable bonds is 4. The van der Waals surface area contributed by atoms with E-state index in [0.717, 1.165) is 30.9 Å². The SMILES string of the molecule is Cn1cc(C#N)cc1C(=O)Nc1ccccc1CN1CCCCC1. The molecule has 2 heterocycles. The van der Waals surface area contributed by atoms with Gasteiger partial charge in [0.15, 0.2) is 0 Å². The summed E-state index contributed by atoms with van der Waals surface area (Å²) in [7, 11) is 1.77. The summed E-state index contributed by atoms with van der Waals surface area (Å²) in [5.41, 5.74) is 2.94. The summed E-state index contributed by atoms with van der Waals surface area (Å²) in [5, 5.41) is 12.0. The van der Waals surface area contributed by atoms with E-state index in [-0.39, 0.29) is 5.91 Å². The van der Waals surface area contributed by atoms with Gasteiger partial charge in [0, 0.05) is 25.5 Å². The smallest absolute Gasteiger partial charge is 0.272 e. The number of hydrogen-bond acceptors (Lipinski definition) is 3. The predicted molar refractivity (Wildman–Crippen MR) is 93.7 cm³/mol. The third kappa shape index (κ3) is 3.66. The Morgan fingerprint density at radius 2 is 2.00 bits per heavy atom. The fourth-order valence-electron chi connectivity index (χ4n) is 3.18. The number of nitriles is 1. The summed E-state index contributed by atoms with van der Waals surface area (Å²) in [5.74, 6) is -0.190. The normalized spacial score (nSPS) is 15.0. The number of hydrogen-bond donors (Lipinski definition) is 1. The number of likely N-dealkylation sites (tertiary alicyclic amines) is 1. The Kier molecular flexibility index (Phi) is 4.97. The molecule has 1 amide bonds. The quantitative estimate of drug-likeness (QED) is 0.940. The Hall–Kier alpha value is -2.58. The minimum Gasteiger partial charge on any atom is -0.345 e. The molecule has 2 aromatic rings. The van der Waals surface area contributed by atoms with Crippen molar-refractivity contribution in [1.29, 1.82) is 5.26 Å². The van der Waals surface area contributed by atoms with E-state index in [9.17, 15) is 4.79 Å². The van der Waals surface area contributed by atoms with Crippen LogP contribution in [0.3, 0.4) is 0 Å². The minimum absolute atomic E-state index is 0.190. The summed E-state index contributed by atoms with van der Waals surface area (Å²) in [6.07, 6.45) is 5.46. The number of para-hydroxylation sites is 1. The highest BCUT2D eigenvalue weighted by Crippen LogP contribution is 2.21. The Labute approximate surface area is 142 Å². The van der Waals surface area contributed by atoms with Crippen molar-refractivity contribution >= 4 is 11.6 Å². The molecular formula is C19H22N4O. The molecule has 1 saturated heterocycles. The van der Waals surface area contributed by atoms with Gasteiger partial charge in [0.25, 0.3) is 5.91 Å². The van der Waals surface area contributed by atoms with E-state index in [1.165, 1.54) is 19.3 Å². The molecule has 0 bridgehead atoms. The van der Waals surface area contributed by atoms with E-state index in [0.29, 0.717) is 11.3 Å². The lowest BCUT2D eigenvalue weighted by Gasteiger charge is -2.27. The summed E-state index contributed by atoms with van der Waals surface area (Å²) in [6.45, 7) is 3.09. The van der Waals surface area contributed by atoms with Crippen molar-refractivity contribution in [3.05, 3.63) is 53.3 Å². The Morgan fingerprint density at radius 3 is 2.71 bits per heavy atom. The zero-order chi connectivity index (χ0) is 16.9. The molecule has 124 valence electrons. The zero-order valence-corrected chi connectivity index (χ0v) is 14.0. The lowest BCUT2D eigenvalue weighted by molar-refractivity contribution is 0.101. The Balaban J connectivity index is 1.75. The van der Waals surface area contributed by atoms with Crippen molar-refractivity contribution in [2.24, 2.45) is 7.05 Å². The highest BCUT2D eigenvalue weighted by Gasteiger charge is 2.16. The van der Waals surface area contributed by atoms with Crippen LogP contribution in [-0.4, -0.2) is 28.5 Å². The molecule has 5 nitrogen and oxygen atoms in total. The summed E-state index contributed by atoms with van der Waals surface area (Å²) in [4.78, 5) is 15.0. The van der Waals surface area contributed by atoms with Crippen LogP contribution in [-0.2, 0) is 13.6 Å². The number of amides is 1. The van der Waals surface area contributed by atoms with Gasteiger partial charge in [-0.05, 0) is 43.6 Å². The summed E-state index contributed by atoms with van der Waals surface area (Å²) in [6, 6.07) is 11.6. The molecular weight excluding hydrogens is 300 g/mol. The average molecular weight is 322 g/mol. The van der Waals surface area contributed by atoms with E-state index in [1.54, 1.807) is 23.9 Å². The fourth-order valence-corrected chi connectivity index (χ4v) is 3.18. The van der Waals surface area contributed by atoms with Gasteiger partial charge in [-0.2, -0.15) is 5.26 Å². The number of benzene rings is 1. The van der Waals surface area contributed by atoms with Crippen molar-refractivity contribution in [2.75, 3.05) is 18.4 Å². The number of nitrogens with zero attached hydrogens (tertiary/aromatic N) is 3. The highest BCUT2D eigenvalue weighted by molar-refractivity contribution is 6.03. The first-order valence-electron chi connectivity index (χ1n) is 8.35. The number of aryl methyl sites for hydroxylation is 1. The van der Waals surface area contributed by atoms with E-state index >= 15 is 0 Å². The van der Waals surface area contributed by atoms with Crippen LogP contribution in [0.4, 0.5) is 5.69 Å². The lowest BCUT2D eigenvalue weighted by atomic mass is 10.1. The van der Waals surface area contributed by atoms with Crippen LogP contribution >= 0.6 is 0 Å². The minimum atomic E-state index is -0.190. The predicted octanol–water partition coefficient (Wildman–Crippen LogP) is 3.13. The number of carbonyl (C=O) groups excluding carboxylic acids is 1. The Bertz CT molecular complexity index is 766. The van der Waals surface area contributed by atoms with Gasteiger partial charge in [0.2, 0.25) is 0 Å². The molecule has 0 saturated carbocycles. The molecule has 0 radical (unpaired) electrons. The first-order valence-corrected chi connectivity index (χ1v) is 8.35. The second-order valence-corrected chi connectivity index (χ2v) is 6.28. The largest absolute Gasteiger partial charge is 0.345 e. The van der Waals surface area contributed by atoms with Crippen molar-refractivity contribution < 1.29 is 4.79 Å². The maximum absolute atomic E-state index is 12.6. The number of nitrogens with one attached hydrogen (secondary N) is 1. The molecule has 0 unspecified atom stereocenters. The van der Waals surface area contributed by atoms with Crippen LogP contribution in [0.15, 0.2) is 36.5 Å². The maximum Gasteiger partial charge on any atom is 0.272 e. The van der Waals surface area contributed by atoms with E-state index in [2.05, 4.69) is 22.4 Å². The van der Waals surface area contributed by atoms with Crippen LogP contribution in [0, 0.1) is 11.3 Å². The average Bonchev–Trinajstić information content (AvgIpc) is 2.99. The topological polar surface area (TPSA) is 61.1 Å². The van der Waals surface area contributed by atoms with Gasteiger partial charge in [0.1, 0.15) is 11.8 Å². The molecule has 1 aliphatic heterocycles. The number of anilines is 1. The molecule has 1 aromatic carbocycles. The van der Waals surface area contributed by atoms with Crippen LogP contribution in [0.25, 0.3) is 0 Å². The number of piperidine rings is 1. The zero-order valence-electron chi connectivity index (χ0n) is 14.0. The second-order valence-electron chi connectivity index (χ2n) is 6.28. The molecule has 24 heavy (non-hydrogen) atoms. The van der Waals surface area contributed by atoms with Crippen molar-refractivity contribution in [1.82, 2.24) is 9.47 Å². The van der Waals surface area contributed by atoms with Crippen LogP contribution in [0.1, 0.15) is 40.9 Å². The van der Waals surface area contributed by atoms with Gasteiger partial charge in [-0.25, -0.2) is 0 Å². The molecule has 5 heteroatoms. The molecule has 1 fully saturated rings. The van der Waals surface area contributed by atoms with E-state index in [1.807, 2.05) is 18.2 Å². The van der Waals surface area contributed by atoms with Crippen LogP contribution < -0.4 is 5.32 Å². The standard InChI is InChI=1S/C19H22N4O/c1-22-13-15(12-20)11-18(22)19(24)21-17-8-4-3-7-16(17)14-23-9-5-2-6-10-23/h3-4,7-8,11,13H,2,5-6,9-10,14H2,1H3,(H,21,24). The monoisotopic (exact) mass is 322 g/mol. The first-order chi connectivity index (χ1) is 11.7. The highest BCUT2D eigenvalue weighted by atomic mass is 16.1. The molecule has 0 atom stereocenters. The second kappa shape index (κ2) is 7.33. The third-order valence-corrected chi connectivity index (χ3v) is 4.47. The van der Waals surface area contributed by atoms with Gasteiger partial charge in [-0.3, -0.25) is 9.69 Å². The van der Waals surface area contributed by atoms with E-state index < -0.39 is 0 Å². The summed E-state index contributed by atoms with van der Waals surface area (Å²) >= 11 is 0. The maximum atomic E-state index is 12.6. The molecule has 3 rings (SSSR count). The summed E-state index contributed by atoms with van der Waals surface area (Å²) < 4.78 is 1.68. The molecule has 1 N–H and O–H groups in total. The molecule has 0 aliphatic carbocycles. The van der Waals surface area contributed by atoms with Crippen LogP contribution in [0.2, 0.25) is 0 Å². The van der Waals surface area contributed by atoms with Crippen molar-refractivity contribution in [3.8, 4) is 6.07 Å². The lowest BCUT2D eigenvalue weighted by Crippen LogP contribution is -2.29. The van der Waals surface area contributed by atoms with Gasteiger partial charge in [0.05, 0.1) is 5.56 Å². The molecule has 1 aliphatic rings.